The Morgan fingerprint density at radius 2 is 2.24 bits per heavy atom. The van der Waals surface area contributed by atoms with Crippen LogP contribution in [-0.2, 0) is 6.54 Å². The molecular weight excluding hydrogens is 238 g/mol. The van der Waals surface area contributed by atoms with Crippen molar-refractivity contribution in [2.24, 2.45) is 5.73 Å². The Bertz CT molecular complexity index is 646. The van der Waals surface area contributed by atoms with Crippen molar-refractivity contribution in [1.29, 1.82) is 0 Å². The molecule has 0 saturated heterocycles. The van der Waals surface area contributed by atoms with Crippen molar-refractivity contribution in [3.63, 3.8) is 0 Å². The number of hydrogen-bond acceptors (Lipinski definition) is 3. The van der Waals surface area contributed by atoms with E-state index in [0.717, 1.165) is 12.8 Å². The van der Waals surface area contributed by atoms with Gasteiger partial charge in [-0.25, -0.2) is 4.98 Å². The van der Waals surface area contributed by atoms with Crippen LogP contribution in [-0.4, -0.2) is 9.55 Å². The molecule has 1 aliphatic rings. The molecule has 0 atom stereocenters. The number of halogens is 1. The average Bonchev–Trinajstić information content (AvgIpc) is 3.13. The van der Waals surface area contributed by atoms with Gasteiger partial charge < -0.3 is 5.73 Å². The lowest BCUT2D eigenvalue weighted by Crippen LogP contribution is -2.26. The van der Waals surface area contributed by atoms with Crippen molar-refractivity contribution in [1.82, 2.24) is 9.55 Å². The summed E-state index contributed by atoms with van der Waals surface area (Å²) in [6, 6.07) is 5.44. The number of fused-ring (bicyclic) bond motifs is 1. The second-order valence-electron chi connectivity index (χ2n) is 4.30. The highest BCUT2D eigenvalue weighted by molar-refractivity contribution is 6.31. The van der Waals surface area contributed by atoms with E-state index in [0.29, 0.717) is 21.7 Å². The SMILES string of the molecule is NCc1nc2ccc(Cl)cc2c(=O)n1C1CC1. The van der Waals surface area contributed by atoms with E-state index in [-0.39, 0.29) is 18.1 Å². The van der Waals surface area contributed by atoms with Crippen molar-refractivity contribution in [2.45, 2.75) is 25.4 Å². The Morgan fingerprint density at radius 3 is 2.88 bits per heavy atom. The number of rotatable bonds is 2. The number of nitrogens with two attached hydrogens (primary N) is 1. The summed E-state index contributed by atoms with van der Waals surface area (Å²) >= 11 is 5.91. The monoisotopic (exact) mass is 249 g/mol. The van der Waals surface area contributed by atoms with Crippen LogP contribution in [0.5, 0.6) is 0 Å². The highest BCUT2D eigenvalue weighted by atomic mass is 35.5. The molecule has 1 heterocycles. The number of aromatic nitrogens is 2. The summed E-state index contributed by atoms with van der Waals surface area (Å²) in [5.41, 5.74) is 6.29. The molecule has 0 amide bonds. The van der Waals surface area contributed by atoms with E-state index in [1.165, 1.54) is 0 Å². The van der Waals surface area contributed by atoms with Crippen molar-refractivity contribution >= 4 is 22.5 Å². The van der Waals surface area contributed by atoms with Gasteiger partial charge in [0, 0.05) is 11.1 Å². The van der Waals surface area contributed by atoms with Crippen molar-refractivity contribution in [3.05, 3.63) is 39.4 Å². The molecule has 17 heavy (non-hydrogen) atoms. The summed E-state index contributed by atoms with van der Waals surface area (Å²) in [5, 5.41) is 1.13. The van der Waals surface area contributed by atoms with Crippen LogP contribution in [0.1, 0.15) is 24.7 Å². The molecular formula is C12H12ClN3O. The van der Waals surface area contributed by atoms with Crippen molar-refractivity contribution in [2.75, 3.05) is 0 Å². The fraction of sp³-hybridized carbons (Fsp3) is 0.333. The van der Waals surface area contributed by atoms with E-state index in [1.54, 1.807) is 22.8 Å². The third-order valence-corrected chi connectivity index (χ3v) is 3.27. The zero-order valence-electron chi connectivity index (χ0n) is 9.19. The van der Waals surface area contributed by atoms with Crippen LogP contribution >= 0.6 is 11.6 Å². The largest absolute Gasteiger partial charge is 0.324 e. The first-order valence-electron chi connectivity index (χ1n) is 5.61. The molecule has 1 aliphatic carbocycles. The van der Waals surface area contributed by atoms with Crippen LogP contribution in [0, 0.1) is 0 Å². The van der Waals surface area contributed by atoms with Gasteiger partial charge in [0.15, 0.2) is 0 Å². The molecule has 2 N–H and O–H groups in total. The maximum absolute atomic E-state index is 12.4. The van der Waals surface area contributed by atoms with Gasteiger partial charge in [0.1, 0.15) is 5.82 Å². The zero-order valence-corrected chi connectivity index (χ0v) is 9.94. The topological polar surface area (TPSA) is 60.9 Å². The summed E-state index contributed by atoms with van der Waals surface area (Å²) < 4.78 is 1.72. The van der Waals surface area contributed by atoms with E-state index in [4.69, 9.17) is 17.3 Å². The van der Waals surface area contributed by atoms with Gasteiger partial charge >= 0.3 is 0 Å². The summed E-state index contributed by atoms with van der Waals surface area (Å²) in [5.74, 6) is 0.660. The molecule has 0 aliphatic heterocycles. The minimum atomic E-state index is -0.0274. The highest BCUT2D eigenvalue weighted by Gasteiger charge is 2.27. The Labute approximate surface area is 103 Å². The lowest BCUT2D eigenvalue weighted by molar-refractivity contribution is 0.641. The quantitative estimate of drug-likeness (QED) is 0.884. The molecule has 1 aromatic carbocycles. The predicted molar refractivity (Wildman–Crippen MR) is 67.2 cm³/mol. The number of nitrogens with zero attached hydrogens (tertiary/aromatic N) is 2. The molecule has 1 aromatic heterocycles. The molecule has 2 aromatic rings. The maximum atomic E-state index is 12.4. The van der Waals surface area contributed by atoms with Crippen LogP contribution in [0.2, 0.25) is 5.02 Å². The molecule has 0 spiro atoms. The van der Waals surface area contributed by atoms with Gasteiger partial charge in [-0.3, -0.25) is 9.36 Å². The minimum absolute atomic E-state index is 0.0274. The van der Waals surface area contributed by atoms with Crippen LogP contribution in [0.15, 0.2) is 23.0 Å². The Morgan fingerprint density at radius 1 is 1.47 bits per heavy atom. The van der Waals surface area contributed by atoms with Gasteiger partial charge in [0.2, 0.25) is 0 Å². The summed E-state index contributed by atoms with van der Waals surface area (Å²) in [7, 11) is 0. The lowest BCUT2D eigenvalue weighted by atomic mass is 10.2. The summed E-state index contributed by atoms with van der Waals surface area (Å²) in [6.07, 6.45) is 2.06. The normalized spacial score (nSPS) is 15.4. The van der Waals surface area contributed by atoms with Crippen LogP contribution < -0.4 is 11.3 Å². The standard InChI is InChI=1S/C12H12ClN3O/c13-7-1-4-10-9(5-7)12(17)16(8-2-3-8)11(6-14)15-10/h1,4-5,8H,2-3,6,14H2. The highest BCUT2D eigenvalue weighted by Crippen LogP contribution is 2.34. The van der Waals surface area contributed by atoms with Crippen LogP contribution in [0.25, 0.3) is 10.9 Å². The minimum Gasteiger partial charge on any atom is -0.324 e. The molecule has 5 heteroatoms. The Balaban J connectivity index is 2.37. The van der Waals surface area contributed by atoms with Gasteiger partial charge in [-0.15, -0.1) is 0 Å². The molecule has 88 valence electrons. The smallest absolute Gasteiger partial charge is 0.261 e. The van der Waals surface area contributed by atoms with Gasteiger partial charge in [-0.05, 0) is 31.0 Å². The molecule has 3 rings (SSSR count). The van der Waals surface area contributed by atoms with Gasteiger partial charge in [0.05, 0.1) is 17.4 Å². The second kappa shape index (κ2) is 3.82. The third kappa shape index (κ3) is 1.73. The van der Waals surface area contributed by atoms with Gasteiger partial charge in [0.25, 0.3) is 5.56 Å². The second-order valence-corrected chi connectivity index (χ2v) is 4.74. The third-order valence-electron chi connectivity index (χ3n) is 3.03. The first kappa shape index (κ1) is 10.7. The van der Waals surface area contributed by atoms with Gasteiger partial charge in [-0.2, -0.15) is 0 Å². The molecule has 4 nitrogen and oxygen atoms in total. The van der Waals surface area contributed by atoms with E-state index >= 15 is 0 Å². The van der Waals surface area contributed by atoms with Crippen molar-refractivity contribution < 1.29 is 0 Å². The Hall–Kier alpha value is -1.39. The van der Waals surface area contributed by atoms with Crippen LogP contribution in [0.4, 0.5) is 0 Å². The van der Waals surface area contributed by atoms with E-state index in [1.807, 2.05) is 0 Å². The fourth-order valence-electron chi connectivity index (χ4n) is 2.07. The van der Waals surface area contributed by atoms with E-state index in [2.05, 4.69) is 4.98 Å². The average molecular weight is 250 g/mol. The summed E-state index contributed by atoms with van der Waals surface area (Å²) in [4.78, 5) is 16.8. The summed E-state index contributed by atoms with van der Waals surface area (Å²) in [6.45, 7) is 0.282. The molecule has 1 fully saturated rings. The van der Waals surface area contributed by atoms with E-state index < -0.39 is 0 Å². The fourth-order valence-corrected chi connectivity index (χ4v) is 2.24. The van der Waals surface area contributed by atoms with E-state index in [9.17, 15) is 4.79 Å². The Kier molecular flexibility index (Phi) is 2.42. The number of benzene rings is 1. The van der Waals surface area contributed by atoms with Crippen molar-refractivity contribution in [3.8, 4) is 0 Å². The zero-order chi connectivity index (χ0) is 12.0. The molecule has 1 saturated carbocycles. The maximum Gasteiger partial charge on any atom is 0.261 e. The molecule has 0 bridgehead atoms. The lowest BCUT2D eigenvalue weighted by Gasteiger charge is -2.11. The van der Waals surface area contributed by atoms with Crippen LogP contribution in [0.3, 0.4) is 0 Å². The first-order chi connectivity index (χ1) is 8.20. The predicted octanol–water partition coefficient (Wildman–Crippen LogP) is 1.84. The molecule has 0 unspecified atom stereocenters. The first-order valence-corrected chi connectivity index (χ1v) is 5.99. The van der Waals surface area contributed by atoms with Gasteiger partial charge in [-0.1, -0.05) is 11.6 Å². The number of hydrogen-bond donors (Lipinski definition) is 1. The molecule has 0 radical (unpaired) electrons.